The van der Waals surface area contributed by atoms with Crippen molar-refractivity contribution in [3.05, 3.63) is 63.2 Å². The van der Waals surface area contributed by atoms with E-state index in [-0.39, 0.29) is 0 Å². The van der Waals surface area contributed by atoms with Crippen LogP contribution in [0.1, 0.15) is 24.1 Å². The maximum atomic E-state index is 6.35. The molecule has 0 aliphatic rings. The third-order valence-corrected chi connectivity index (χ3v) is 5.80. The lowest BCUT2D eigenvalue weighted by Gasteiger charge is -2.09. The van der Waals surface area contributed by atoms with Crippen LogP contribution in [0.15, 0.2) is 46.9 Å². The predicted molar refractivity (Wildman–Crippen MR) is 118 cm³/mol. The van der Waals surface area contributed by atoms with E-state index in [0.29, 0.717) is 6.54 Å². The molecule has 3 nitrogen and oxygen atoms in total. The molecule has 2 aromatic heterocycles. The third kappa shape index (κ3) is 3.49. The fourth-order valence-electron chi connectivity index (χ4n) is 3.68. The summed E-state index contributed by atoms with van der Waals surface area (Å²) in [7, 11) is 0. The van der Waals surface area contributed by atoms with Gasteiger partial charge in [0.05, 0.1) is 16.7 Å². The molecule has 27 heavy (non-hydrogen) atoms. The standard InChI is InChI=1S/C22H21BrClN3/c1-13-8-9-15-16(6-4-7-20(15)26-13)21-17(5-2-3-10-25)18-11-14(24)12-19(23)22(18)27-21/h4,6-9,11-12,27H,2-3,5,10,25H2,1H3. The Morgan fingerprint density at radius 2 is 1.96 bits per heavy atom. The average molecular weight is 443 g/mol. The fourth-order valence-corrected chi connectivity index (χ4v) is 4.59. The summed E-state index contributed by atoms with van der Waals surface area (Å²) in [6, 6.07) is 14.5. The molecule has 0 aliphatic heterocycles. The molecular formula is C22H21BrClN3. The fraction of sp³-hybridized carbons (Fsp3) is 0.227. The number of nitrogens with one attached hydrogen (secondary N) is 1. The van der Waals surface area contributed by atoms with Gasteiger partial charge in [0.1, 0.15) is 0 Å². The van der Waals surface area contributed by atoms with Crippen LogP contribution in [0.5, 0.6) is 0 Å². The molecule has 4 rings (SSSR count). The Balaban J connectivity index is 1.98. The Bertz CT molecular complexity index is 1130. The second-order valence-electron chi connectivity index (χ2n) is 6.86. The van der Waals surface area contributed by atoms with Crippen LogP contribution in [0.25, 0.3) is 33.1 Å². The molecule has 138 valence electrons. The van der Waals surface area contributed by atoms with Crippen LogP contribution in [-0.2, 0) is 6.42 Å². The van der Waals surface area contributed by atoms with Crippen molar-refractivity contribution < 1.29 is 0 Å². The van der Waals surface area contributed by atoms with E-state index in [2.05, 4.69) is 51.2 Å². The molecule has 3 N–H and O–H groups in total. The summed E-state index contributed by atoms with van der Waals surface area (Å²) in [6.07, 6.45) is 3.00. The number of nitrogens with zero attached hydrogens (tertiary/aromatic N) is 1. The Morgan fingerprint density at radius 1 is 1.11 bits per heavy atom. The highest BCUT2D eigenvalue weighted by molar-refractivity contribution is 9.10. The first-order valence-electron chi connectivity index (χ1n) is 9.15. The largest absolute Gasteiger partial charge is 0.353 e. The van der Waals surface area contributed by atoms with Crippen molar-refractivity contribution >= 4 is 49.3 Å². The first kappa shape index (κ1) is 18.5. The summed E-state index contributed by atoms with van der Waals surface area (Å²) >= 11 is 10.0. The molecule has 4 aromatic rings. The molecule has 0 spiro atoms. The van der Waals surface area contributed by atoms with Gasteiger partial charge in [-0.15, -0.1) is 0 Å². The second-order valence-corrected chi connectivity index (χ2v) is 8.15. The van der Waals surface area contributed by atoms with Gasteiger partial charge < -0.3 is 10.7 Å². The third-order valence-electron chi connectivity index (χ3n) is 4.95. The average Bonchev–Trinajstić information content (AvgIpc) is 3.00. The number of H-pyrrole nitrogens is 1. The quantitative estimate of drug-likeness (QED) is 0.352. The number of aryl methyl sites for hydroxylation is 2. The normalized spacial score (nSPS) is 11.6. The molecular weight excluding hydrogens is 422 g/mol. The van der Waals surface area contributed by atoms with E-state index < -0.39 is 0 Å². The van der Waals surface area contributed by atoms with Gasteiger partial charge in [0.25, 0.3) is 0 Å². The number of aromatic amines is 1. The lowest BCUT2D eigenvalue weighted by molar-refractivity contribution is 0.748. The van der Waals surface area contributed by atoms with Crippen molar-refractivity contribution in [1.29, 1.82) is 0 Å². The van der Waals surface area contributed by atoms with E-state index in [0.717, 1.165) is 56.6 Å². The number of pyridine rings is 1. The summed E-state index contributed by atoms with van der Waals surface area (Å²) in [5.74, 6) is 0. The SMILES string of the molecule is Cc1ccc2c(-c3[nH]c4c(Br)cc(Cl)cc4c3CCCCN)cccc2n1. The highest BCUT2D eigenvalue weighted by Crippen LogP contribution is 2.39. The van der Waals surface area contributed by atoms with E-state index in [4.69, 9.17) is 22.3 Å². The minimum absolute atomic E-state index is 0.708. The number of fused-ring (bicyclic) bond motifs is 2. The summed E-state index contributed by atoms with van der Waals surface area (Å²) in [4.78, 5) is 8.34. The first-order chi connectivity index (χ1) is 13.1. The predicted octanol–water partition coefficient (Wildman–Crippen LogP) is 6.39. The van der Waals surface area contributed by atoms with Crippen LogP contribution in [0, 0.1) is 6.92 Å². The van der Waals surface area contributed by atoms with Crippen LogP contribution in [0.4, 0.5) is 0 Å². The van der Waals surface area contributed by atoms with Gasteiger partial charge in [-0.1, -0.05) is 29.8 Å². The number of benzene rings is 2. The first-order valence-corrected chi connectivity index (χ1v) is 10.3. The minimum atomic E-state index is 0.708. The summed E-state index contributed by atoms with van der Waals surface area (Å²) in [5, 5.41) is 3.05. The number of rotatable bonds is 5. The maximum absolute atomic E-state index is 6.35. The van der Waals surface area contributed by atoms with Crippen molar-refractivity contribution in [3.8, 4) is 11.3 Å². The van der Waals surface area contributed by atoms with E-state index in [1.165, 1.54) is 16.5 Å². The Morgan fingerprint density at radius 3 is 2.78 bits per heavy atom. The number of hydrogen-bond acceptors (Lipinski definition) is 2. The van der Waals surface area contributed by atoms with Gasteiger partial charge in [0.2, 0.25) is 0 Å². The van der Waals surface area contributed by atoms with Crippen LogP contribution in [0.2, 0.25) is 5.02 Å². The molecule has 0 bridgehead atoms. The lowest BCUT2D eigenvalue weighted by atomic mass is 9.97. The van der Waals surface area contributed by atoms with E-state index >= 15 is 0 Å². The zero-order valence-electron chi connectivity index (χ0n) is 15.2. The van der Waals surface area contributed by atoms with Crippen LogP contribution >= 0.6 is 27.5 Å². The van der Waals surface area contributed by atoms with Crippen molar-refractivity contribution in [1.82, 2.24) is 9.97 Å². The minimum Gasteiger partial charge on any atom is -0.353 e. The summed E-state index contributed by atoms with van der Waals surface area (Å²) < 4.78 is 0.977. The molecule has 0 unspecified atom stereocenters. The molecule has 0 atom stereocenters. The summed E-state index contributed by atoms with van der Waals surface area (Å²) in [6.45, 7) is 2.73. The molecule has 0 radical (unpaired) electrons. The molecule has 0 aliphatic carbocycles. The van der Waals surface area contributed by atoms with Crippen molar-refractivity contribution in [3.63, 3.8) is 0 Å². The molecule has 0 amide bonds. The smallest absolute Gasteiger partial charge is 0.0711 e. The van der Waals surface area contributed by atoms with E-state index in [1.54, 1.807) is 0 Å². The number of halogens is 2. The molecule has 0 fully saturated rings. The Kier molecular flexibility index (Phi) is 5.22. The second kappa shape index (κ2) is 7.63. The van der Waals surface area contributed by atoms with Crippen molar-refractivity contribution in [2.45, 2.75) is 26.2 Å². The zero-order chi connectivity index (χ0) is 19.0. The van der Waals surface area contributed by atoms with Gasteiger partial charge in [0, 0.05) is 31.5 Å². The van der Waals surface area contributed by atoms with E-state index in [1.807, 2.05) is 19.1 Å². The van der Waals surface area contributed by atoms with Gasteiger partial charge in [-0.3, -0.25) is 4.98 Å². The van der Waals surface area contributed by atoms with Crippen LogP contribution in [0.3, 0.4) is 0 Å². The Hall–Kier alpha value is -1.88. The highest BCUT2D eigenvalue weighted by Gasteiger charge is 2.17. The van der Waals surface area contributed by atoms with E-state index in [9.17, 15) is 0 Å². The van der Waals surface area contributed by atoms with Crippen LogP contribution in [-0.4, -0.2) is 16.5 Å². The number of unbranched alkanes of at least 4 members (excludes halogenated alkanes) is 1. The van der Waals surface area contributed by atoms with Crippen molar-refractivity contribution in [2.75, 3.05) is 6.54 Å². The lowest BCUT2D eigenvalue weighted by Crippen LogP contribution is -1.99. The van der Waals surface area contributed by atoms with Gasteiger partial charge in [0.15, 0.2) is 0 Å². The van der Waals surface area contributed by atoms with Gasteiger partial charge in [-0.05, 0) is 78.5 Å². The van der Waals surface area contributed by atoms with Crippen molar-refractivity contribution in [2.24, 2.45) is 5.73 Å². The monoisotopic (exact) mass is 441 g/mol. The Labute approximate surface area is 172 Å². The number of aromatic nitrogens is 2. The maximum Gasteiger partial charge on any atom is 0.0711 e. The molecule has 5 heteroatoms. The highest BCUT2D eigenvalue weighted by atomic mass is 79.9. The number of nitrogens with two attached hydrogens (primary N) is 1. The van der Waals surface area contributed by atoms with Gasteiger partial charge in [-0.25, -0.2) is 0 Å². The molecule has 0 saturated heterocycles. The molecule has 0 saturated carbocycles. The molecule has 2 aromatic carbocycles. The number of hydrogen-bond donors (Lipinski definition) is 2. The van der Waals surface area contributed by atoms with Gasteiger partial charge in [-0.2, -0.15) is 0 Å². The summed E-state index contributed by atoms with van der Waals surface area (Å²) in [5.41, 5.74) is 12.4. The zero-order valence-corrected chi connectivity index (χ0v) is 17.5. The van der Waals surface area contributed by atoms with Gasteiger partial charge >= 0.3 is 0 Å². The van der Waals surface area contributed by atoms with Crippen LogP contribution < -0.4 is 5.73 Å². The molecule has 2 heterocycles. The topological polar surface area (TPSA) is 54.7 Å².